The minimum Gasteiger partial charge on any atom is -0.452 e. The molecule has 2 aromatic carbocycles. The molecule has 5 nitrogen and oxygen atoms in total. The van der Waals surface area contributed by atoms with E-state index >= 15 is 0 Å². The second-order valence-electron chi connectivity index (χ2n) is 7.16. The van der Waals surface area contributed by atoms with Crippen molar-refractivity contribution in [3.05, 3.63) is 65.2 Å². The fraction of sp³-hybridized carbons (Fsp3) is 0.364. The van der Waals surface area contributed by atoms with Crippen LogP contribution in [0, 0.1) is 12.8 Å². The van der Waals surface area contributed by atoms with E-state index in [2.05, 4.69) is 24.3 Å². The highest BCUT2D eigenvalue weighted by Crippen LogP contribution is 2.22. The minimum absolute atomic E-state index is 0.137. The third-order valence-corrected chi connectivity index (χ3v) is 5.18. The number of aryl methyl sites for hydroxylation is 1. The molecule has 1 fully saturated rings. The van der Waals surface area contributed by atoms with E-state index in [0.717, 1.165) is 24.8 Å². The minimum atomic E-state index is -0.519. The highest BCUT2D eigenvalue weighted by molar-refractivity contribution is 5.92. The lowest BCUT2D eigenvalue weighted by molar-refractivity contribution is -0.135. The van der Waals surface area contributed by atoms with Crippen LogP contribution >= 0.6 is 0 Å². The van der Waals surface area contributed by atoms with Gasteiger partial charge in [0, 0.05) is 18.8 Å². The van der Waals surface area contributed by atoms with Crippen molar-refractivity contribution in [2.75, 3.05) is 25.4 Å². The predicted molar refractivity (Wildman–Crippen MR) is 105 cm³/mol. The molecule has 2 N–H and O–H groups in total. The molecule has 0 aromatic heterocycles. The number of anilines is 1. The van der Waals surface area contributed by atoms with Crippen molar-refractivity contribution in [2.24, 2.45) is 5.92 Å². The Balaban J connectivity index is 1.44. The van der Waals surface area contributed by atoms with Crippen LogP contribution < -0.4 is 5.73 Å². The molecule has 5 heteroatoms. The number of amides is 1. The molecule has 1 amide bonds. The Morgan fingerprint density at radius 2 is 1.81 bits per heavy atom. The molecular weight excluding hydrogens is 340 g/mol. The van der Waals surface area contributed by atoms with Gasteiger partial charge in [-0.25, -0.2) is 4.79 Å². The lowest BCUT2D eigenvalue weighted by Crippen LogP contribution is -2.41. The van der Waals surface area contributed by atoms with E-state index < -0.39 is 5.97 Å². The summed E-state index contributed by atoms with van der Waals surface area (Å²) in [5, 5.41) is 0. The Hall–Kier alpha value is -2.82. The van der Waals surface area contributed by atoms with Crippen LogP contribution in [0.2, 0.25) is 0 Å². The summed E-state index contributed by atoms with van der Waals surface area (Å²) in [6.45, 7) is 3.07. The standard InChI is InChI=1S/C22H26N2O3/c1-16-7-8-19(14-20(16)23)22(26)27-15-21(25)24-11-9-18(10-12-24)13-17-5-3-2-4-6-17/h2-8,14,18H,9-13,15,23H2,1H3. The maximum atomic E-state index is 12.3. The van der Waals surface area contributed by atoms with Crippen LogP contribution in [0.1, 0.15) is 34.3 Å². The van der Waals surface area contributed by atoms with Gasteiger partial charge in [0.2, 0.25) is 0 Å². The zero-order valence-corrected chi connectivity index (χ0v) is 15.7. The van der Waals surface area contributed by atoms with Crippen LogP contribution in [-0.4, -0.2) is 36.5 Å². The Kier molecular flexibility index (Phi) is 6.12. The number of esters is 1. The number of carbonyl (C=O) groups is 2. The first-order valence-electron chi connectivity index (χ1n) is 9.38. The molecule has 1 heterocycles. The first kappa shape index (κ1) is 19.0. The molecule has 27 heavy (non-hydrogen) atoms. The number of hydrogen-bond donors (Lipinski definition) is 1. The summed E-state index contributed by atoms with van der Waals surface area (Å²) in [4.78, 5) is 26.2. The van der Waals surface area contributed by atoms with Crippen LogP contribution in [0.3, 0.4) is 0 Å². The summed E-state index contributed by atoms with van der Waals surface area (Å²) in [5.41, 5.74) is 8.97. The maximum absolute atomic E-state index is 12.3. The van der Waals surface area contributed by atoms with Crippen molar-refractivity contribution in [1.82, 2.24) is 4.90 Å². The van der Waals surface area contributed by atoms with Crippen LogP contribution in [0.25, 0.3) is 0 Å². The number of nitrogen functional groups attached to an aromatic ring is 1. The molecular formula is C22H26N2O3. The number of piperidine rings is 1. The number of likely N-dealkylation sites (tertiary alicyclic amines) is 1. The molecule has 0 aliphatic carbocycles. The smallest absolute Gasteiger partial charge is 0.338 e. The maximum Gasteiger partial charge on any atom is 0.338 e. The van der Waals surface area contributed by atoms with Crippen molar-refractivity contribution in [3.63, 3.8) is 0 Å². The van der Waals surface area contributed by atoms with Gasteiger partial charge in [-0.15, -0.1) is 0 Å². The molecule has 0 bridgehead atoms. The SMILES string of the molecule is Cc1ccc(C(=O)OCC(=O)N2CCC(Cc3ccccc3)CC2)cc1N. The monoisotopic (exact) mass is 366 g/mol. The van der Waals surface area contributed by atoms with Crippen molar-refractivity contribution >= 4 is 17.6 Å². The van der Waals surface area contributed by atoms with E-state index in [1.54, 1.807) is 23.1 Å². The van der Waals surface area contributed by atoms with Crippen LogP contribution in [-0.2, 0) is 16.0 Å². The second-order valence-corrected chi connectivity index (χ2v) is 7.16. The molecule has 0 atom stereocenters. The number of hydrogen-bond acceptors (Lipinski definition) is 4. The van der Waals surface area contributed by atoms with Gasteiger partial charge in [-0.3, -0.25) is 4.79 Å². The number of nitrogens with zero attached hydrogens (tertiary/aromatic N) is 1. The van der Waals surface area contributed by atoms with Crippen molar-refractivity contribution in [3.8, 4) is 0 Å². The van der Waals surface area contributed by atoms with Gasteiger partial charge in [0.15, 0.2) is 6.61 Å². The van der Waals surface area contributed by atoms with Crippen molar-refractivity contribution in [2.45, 2.75) is 26.2 Å². The Morgan fingerprint density at radius 1 is 1.11 bits per heavy atom. The Bertz CT molecular complexity index is 796. The zero-order valence-electron chi connectivity index (χ0n) is 15.7. The van der Waals surface area contributed by atoms with Gasteiger partial charge < -0.3 is 15.4 Å². The first-order chi connectivity index (χ1) is 13.0. The third-order valence-electron chi connectivity index (χ3n) is 5.18. The number of rotatable bonds is 5. The quantitative estimate of drug-likeness (QED) is 0.651. The third kappa shape index (κ3) is 5.09. The molecule has 1 saturated heterocycles. The molecule has 0 radical (unpaired) electrons. The summed E-state index contributed by atoms with van der Waals surface area (Å²) in [6, 6.07) is 15.4. The van der Waals surface area contributed by atoms with E-state index in [1.807, 2.05) is 13.0 Å². The average Bonchev–Trinajstić information content (AvgIpc) is 2.69. The van der Waals surface area contributed by atoms with Gasteiger partial charge in [0.05, 0.1) is 5.56 Å². The molecule has 142 valence electrons. The zero-order chi connectivity index (χ0) is 19.2. The van der Waals surface area contributed by atoms with Gasteiger partial charge in [-0.05, 0) is 55.4 Å². The summed E-state index contributed by atoms with van der Waals surface area (Å²) in [6.07, 6.45) is 3.00. The molecule has 0 spiro atoms. The lowest BCUT2D eigenvalue weighted by atomic mass is 9.90. The molecule has 1 aliphatic heterocycles. The summed E-state index contributed by atoms with van der Waals surface area (Å²) >= 11 is 0. The molecule has 1 aliphatic rings. The highest BCUT2D eigenvalue weighted by Gasteiger charge is 2.23. The van der Waals surface area contributed by atoms with Gasteiger partial charge >= 0.3 is 5.97 Å². The van der Waals surface area contributed by atoms with Crippen molar-refractivity contribution in [1.29, 1.82) is 0 Å². The second kappa shape index (κ2) is 8.71. The highest BCUT2D eigenvalue weighted by atomic mass is 16.5. The van der Waals surface area contributed by atoms with Crippen molar-refractivity contribution < 1.29 is 14.3 Å². The van der Waals surface area contributed by atoms with E-state index in [9.17, 15) is 9.59 Å². The van der Waals surface area contributed by atoms with Crippen LogP contribution in [0.15, 0.2) is 48.5 Å². The van der Waals surface area contributed by atoms with Gasteiger partial charge in [-0.1, -0.05) is 36.4 Å². The van der Waals surface area contributed by atoms with E-state index in [0.29, 0.717) is 30.3 Å². The van der Waals surface area contributed by atoms with E-state index in [4.69, 9.17) is 10.5 Å². The number of benzene rings is 2. The number of ether oxygens (including phenoxy) is 1. The Labute approximate surface area is 160 Å². The molecule has 2 aromatic rings. The van der Waals surface area contributed by atoms with E-state index in [1.165, 1.54) is 5.56 Å². The topological polar surface area (TPSA) is 72.6 Å². The van der Waals surface area contributed by atoms with Crippen LogP contribution in [0.5, 0.6) is 0 Å². The summed E-state index contributed by atoms with van der Waals surface area (Å²) in [5.74, 6) is -0.0647. The van der Waals surface area contributed by atoms with Gasteiger partial charge in [0.1, 0.15) is 0 Å². The van der Waals surface area contributed by atoms with Gasteiger partial charge in [-0.2, -0.15) is 0 Å². The summed E-state index contributed by atoms with van der Waals surface area (Å²) < 4.78 is 5.17. The number of nitrogens with two attached hydrogens (primary N) is 1. The largest absolute Gasteiger partial charge is 0.452 e. The van der Waals surface area contributed by atoms with E-state index in [-0.39, 0.29) is 12.5 Å². The lowest BCUT2D eigenvalue weighted by Gasteiger charge is -2.32. The van der Waals surface area contributed by atoms with Crippen LogP contribution in [0.4, 0.5) is 5.69 Å². The molecule has 0 unspecified atom stereocenters. The molecule has 3 rings (SSSR count). The predicted octanol–water partition coefficient (Wildman–Crippen LogP) is 3.22. The normalized spacial score (nSPS) is 14.8. The summed E-state index contributed by atoms with van der Waals surface area (Å²) in [7, 11) is 0. The fourth-order valence-corrected chi connectivity index (χ4v) is 3.40. The Morgan fingerprint density at radius 3 is 2.48 bits per heavy atom. The van der Waals surface area contributed by atoms with Gasteiger partial charge in [0.25, 0.3) is 5.91 Å². The number of carbonyl (C=O) groups excluding carboxylic acids is 2. The average molecular weight is 366 g/mol. The molecule has 0 saturated carbocycles. The first-order valence-corrected chi connectivity index (χ1v) is 9.38. The fourth-order valence-electron chi connectivity index (χ4n) is 3.40.